The molecular formula is C13H15F3N2O2. The van der Waals surface area contributed by atoms with Crippen LogP contribution in [0.2, 0.25) is 0 Å². The van der Waals surface area contributed by atoms with Crippen molar-refractivity contribution < 1.29 is 22.7 Å². The summed E-state index contributed by atoms with van der Waals surface area (Å²) in [6.45, 7) is -0.590. The molecule has 0 aliphatic carbocycles. The number of rotatable bonds is 2. The van der Waals surface area contributed by atoms with Crippen LogP contribution in [0, 0.1) is 0 Å². The summed E-state index contributed by atoms with van der Waals surface area (Å²) < 4.78 is 43.2. The Bertz CT molecular complexity index is 478. The van der Waals surface area contributed by atoms with Gasteiger partial charge in [0.2, 0.25) is 0 Å². The molecule has 2 N–H and O–H groups in total. The number of amides is 1. The average molecular weight is 288 g/mol. The summed E-state index contributed by atoms with van der Waals surface area (Å²) in [5.74, 6) is 0. The van der Waals surface area contributed by atoms with Crippen LogP contribution in [-0.4, -0.2) is 35.8 Å². The number of nitrogens with two attached hydrogens (primary N) is 1. The molecule has 1 saturated heterocycles. The summed E-state index contributed by atoms with van der Waals surface area (Å²) in [7, 11) is 0. The van der Waals surface area contributed by atoms with E-state index < -0.39 is 24.4 Å². The standard InChI is InChI=1S/C13H15F3N2O2/c14-13(15,16)12(17)6-7-18(9-12)11(19)20-8-10-4-2-1-3-5-10/h1-5H,6-9,17H2. The number of carbonyl (C=O) groups is 1. The zero-order valence-corrected chi connectivity index (χ0v) is 10.7. The van der Waals surface area contributed by atoms with E-state index in [9.17, 15) is 18.0 Å². The Balaban J connectivity index is 1.89. The molecule has 0 radical (unpaired) electrons. The van der Waals surface area contributed by atoms with Crippen LogP contribution >= 0.6 is 0 Å². The fraction of sp³-hybridized carbons (Fsp3) is 0.462. The van der Waals surface area contributed by atoms with E-state index in [-0.39, 0.29) is 19.6 Å². The molecule has 0 aromatic heterocycles. The fourth-order valence-electron chi connectivity index (χ4n) is 2.03. The number of likely N-dealkylation sites (tertiary alicyclic amines) is 1. The largest absolute Gasteiger partial charge is 0.445 e. The van der Waals surface area contributed by atoms with Crippen LogP contribution in [0.15, 0.2) is 30.3 Å². The third-order valence-corrected chi connectivity index (χ3v) is 3.33. The van der Waals surface area contributed by atoms with Crippen LogP contribution in [-0.2, 0) is 11.3 Å². The van der Waals surface area contributed by atoms with Gasteiger partial charge in [-0.15, -0.1) is 0 Å². The van der Waals surface area contributed by atoms with E-state index in [1.165, 1.54) is 0 Å². The first-order chi connectivity index (χ1) is 9.32. The molecule has 7 heteroatoms. The van der Waals surface area contributed by atoms with Crippen LogP contribution < -0.4 is 5.73 Å². The molecule has 1 aliphatic rings. The highest BCUT2D eigenvalue weighted by Gasteiger charge is 2.56. The predicted octanol–water partition coefficient (Wildman–Crippen LogP) is 2.29. The molecule has 1 aromatic rings. The molecule has 1 amide bonds. The number of ether oxygens (including phenoxy) is 1. The van der Waals surface area contributed by atoms with Gasteiger partial charge in [0.15, 0.2) is 0 Å². The monoisotopic (exact) mass is 288 g/mol. The number of benzene rings is 1. The van der Waals surface area contributed by atoms with Crippen molar-refractivity contribution in [3.63, 3.8) is 0 Å². The highest BCUT2D eigenvalue weighted by Crippen LogP contribution is 2.35. The molecular weight excluding hydrogens is 273 g/mol. The summed E-state index contributed by atoms with van der Waals surface area (Å²) in [6, 6.07) is 8.92. The van der Waals surface area contributed by atoms with Crippen LogP contribution in [0.1, 0.15) is 12.0 Å². The van der Waals surface area contributed by atoms with Crippen molar-refractivity contribution in [2.24, 2.45) is 5.73 Å². The zero-order valence-electron chi connectivity index (χ0n) is 10.7. The van der Waals surface area contributed by atoms with Gasteiger partial charge in [0, 0.05) is 6.54 Å². The lowest BCUT2D eigenvalue weighted by Crippen LogP contribution is -2.55. The minimum atomic E-state index is -4.53. The first-order valence-electron chi connectivity index (χ1n) is 6.13. The molecule has 1 aromatic carbocycles. The van der Waals surface area contributed by atoms with Gasteiger partial charge in [-0.25, -0.2) is 4.79 Å². The number of alkyl halides is 3. The summed E-state index contributed by atoms with van der Waals surface area (Å²) in [4.78, 5) is 12.7. The number of hydrogen-bond acceptors (Lipinski definition) is 3. The highest BCUT2D eigenvalue weighted by molar-refractivity contribution is 5.68. The summed E-state index contributed by atoms with van der Waals surface area (Å²) in [5.41, 5.74) is 3.74. The Labute approximate surface area is 114 Å². The van der Waals surface area contributed by atoms with Crippen molar-refractivity contribution in [2.45, 2.75) is 24.7 Å². The Morgan fingerprint density at radius 1 is 1.35 bits per heavy atom. The highest BCUT2D eigenvalue weighted by atomic mass is 19.4. The molecule has 1 atom stereocenters. The SMILES string of the molecule is NC1(C(F)(F)F)CCN(C(=O)OCc2ccccc2)C1. The predicted molar refractivity (Wildman–Crippen MR) is 65.8 cm³/mol. The summed E-state index contributed by atoms with van der Waals surface area (Å²) in [6.07, 6.45) is -5.61. The van der Waals surface area contributed by atoms with Crippen molar-refractivity contribution in [2.75, 3.05) is 13.1 Å². The van der Waals surface area contributed by atoms with Gasteiger partial charge in [0.1, 0.15) is 12.1 Å². The minimum absolute atomic E-state index is 0.0275. The zero-order chi connectivity index (χ0) is 14.8. The second kappa shape index (κ2) is 5.32. The molecule has 0 saturated carbocycles. The first-order valence-corrected chi connectivity index (χ1v) is 6.13. The smallest absolute Gasteiger partial charge is 0.410 e. The molecule has 4 nitrogen and oxygen atoms in total. The summed E-state index contributed by atoms with van der Waals surface area (Å²) >= 11 is 0. The second-order valence-electron chi connectivity index (χ2n) is 4.87. The van der Waals surface area contributed by atoms with E-state index in [2.05, 4.69) is 0 Å². The van der Waals surface area contributed by atoms with Crippen molar-refractivity contribution in [3.05, 3.63) is 35.9 Å². The third-order valence-electron chi connectivity index (χ3n) is 3.33. The third kappa shape index (κ3) is 3.04. The van der Waals surface area contributed by atoms with Gasteiger partial charge in [0.05, 0.1) is 6.54 Å². The average Bonchev–Trinajstić information content (AvgIpc) is 2.81. The lowest BCUT2D eigenvalue weighted by atomic mass is 10.00. The molecule has 1 aliphatic heterocycles. The van der Waals surface area contributed by atoms with E-state index in [1.807, 2.05) is 6.07 Å². The lowest BCUT2D eigenvalue weighted by molar-refractivity contribution is -0.181. The molecule has 110 valence electrons. The fourth-order valence-corrected chi connectivity index (χ4v) is 2.03. The lowest BCUT2D eigenvalue weighted by Gasteiger charge is -2.26. The molecule has 0 bridgehead atoms. The first kappa shape index (κ1) is 14.6. The Kier molecular flexibility index (Phi) is 3.89. The van der Waals surface area contributed by atoms with Crippen LogP contribution in [0.4, 0.5) is 18.0 Å². The molecule has 2 rings (SSSR count). The maximum atomic E-state index is 12.7. The van der Waals surface area contributed by atoms with E-state index in [0.29, 0.717) is 0 Å². The molecule has 1 heterocycles. The van der Waals surface area contributed by atoms with Crippen LogP contribution in [0.5, 0.6) is 0 Å². The number of nitrogens with zero attached hydrogens (tertiary/aromatic N) is 1. The number of carbonyl (C=O) groups excluding carboxylic acids is 1. The van der Waals surface area contributed by atoms with Gasteiger partial charge in [-0.2, -0.15) is 13.2 Å². The topological polar surface area (TPSA) is 55.6 Å². The quantitative estimate of drug-likeness (QED) is 0.908. The van der Waals surface area contributed by atoms with E-state index in [1.54, 1.807) is 24.3 Å². The van der Waals surface area contributed by atoms with Gasteiger partial charge < -0.3 is 15.4 Å². The van der Waals surface area contributed by atoms with Crippen molar-refractivity contribution in [3.8, 4) is 0 Å². The van der Waals surface area contributed by atoms with E-state index in [4.69, 9.17) is 10.5 Å². The Hall–Kier alpha value is -1.76. The number of hydrogen-bond donors (Lipinski definition) is 1. The van der Waals surface area contributed by atoms with Crippen molar-refractivity contribution in [1.82, 2.24) is 4.90 Å². The Morgan fingerprint density at radius 2 is 2.00 bits per heavy atom. The summed E-state index contributed by atoms with van der Waals surface area (Å²) in [5, 5.41) is 0. The van der Waals surface area contributed by atoms with Gasteiger partial charge >= 0.3 is 12.3 Å². The Morgan fingerprint density at radius 3 is 2.55 bits per heavy atom. The minimum Gasteiger partial charge on any atom is -0.445 e. The molecule has 1 unspecified atom stereocenters. The van der Waals surface area contributed by atoms with Gasteiger partial charge in [-0.1, -0.05) is 30.3 Å². The maximum Gasteiger partial charge on any atom is 0.410 e. The van der Waals surface area contributed by atoms with Gasteiger partial charge in [-0.05, 0) is 12.0 Å². The number of halogens is 3. The maximum absolute atomic E-state index is 12.7. The molecule has 20 heavy (non-hydrogen) atoms. The van der Waals surface area contributed by atoms with E-state index in [0.717, 1.165) is 10.5 Å². The van der Waals surface area contributed by atoms with Crippen LogP contribution in [0.25, 0.3) is 0 Å². The normalized spacial score (nSPS) is 22.9. The van der Waals surface area contributed by atoms with Gasteiger partial charge in [0.25, 0.3) is 0 Å². The van der Waals surface area contributed by atoms with Crippen molar-refractivity contribution in [1.29, 1.82) is 0 Å². The van der Waals surface area contributed by atoms with Gasteiger partial charge in [-0.3, -0.25) is 0 Å². The van der Waals surface area contributed by atoms with Crippen LogP contribution in [0.3, 0.4) is 0 Å². The van der Waals surface area contributed by atoms with E-state index >= 15 is 0 Å². The second-order valence-corrected chi connectivity index (χ2v) is 4.87. The molecule has 1 fully saturated rings. The molecule has 0 spiro atoms. The van der Waals surface area contributed by atoms with Crippen molar-refractivity contribution >= 4 is 6.09 Å².